The molecule has 0 aliphatic carbocycles. The number of hydrogen-bond donors (Lipinski definition) is 2. The van der Waals surface area contributed by atoms with E-state index in [0.29, 0.717) is 11.6 Å². The van der Waals surface area contributed by atoms with E-state index in [4.69, 9.17) is 10.6 Å². The number of hydrazine groups is 1. The summed E-state index contributed by atoms with van der Waals surface area (Å²) in [5.74, 6) is 6.55. The topological polar surface area (TPSA) is 60.2 Å². The smallest absolute Gasteiger partial charge is 0.219 e. The number of nitrogen functional groups attached to an aromatic ring is 1. The van der Waals surface area contributed by atoms with Gasteiger partial charge >= 0.3 is 0 Å². The normalized spacial score (nSPS) is 9.67. The van der Waals surface area contributed by atoms with Crippen LogP contribution in [0, 0.1) is 0 Å². The Hall–Kier alpha value is -2.07. The number of anilines is 1. The van der Waals surface area contributed by atoms with Crippen molar-refractivity contribution in [3.05, 3.63) is 48.7 Å². The molecule has 0 saturated heterocycles. The summed E-state index contributed by atoms with van der Waals surface area (Å²) in [5.41, 5.74) is 3.29. The van der Waals surface area contributed by atoms with Gasteiger partial charge in [0.1, 0.15) is 0 Å². The molecule has 76 valence electrons. The third-order valence-corrected chi connectivity index (χ3v) is 1.89. The molecule has 0 radical (unpaired) electrons. The van der Waals surface area contributed by atoms with Gasteiger partial charge in [-0.25, -0.2) is 4.98 Å². The van der Waals surface area contributed by atoms with Crippen molar-refractivity contribution in [2.24, 2.45) is 5.84 Å². The van der Waals surface area contributed by atoms with Gasteiger partial charge in [-0.2, -0.15) is 0 Å². The summed E-state index contributed by atoms with van der Waals surface area (Å²) < 4.78 is 5.55. The fourth-order valence-corrected chi connectivity index (χ4v) is 1.20. The second-order valence-corrected chi connectivity index (χ2v) is 2.91. The summed E-state index contributed by atoms with van der Waals surface area (Å²) in [6, 6.07) is 12.9. The lowest BCUT2D eigenvalue weighted by Gasteiger charge is -2.08. The highest BCUT2D eigenvalue weighted by atomic mass is 16.5. The molecule has 1 heterocycles. The number of pyridine rings is 1. The molecule has 4 heteroatoms. The van der Waals surface area contributed by atoms with Crippen molar-refractivity contribution in [2.45, 2.75) is 0 Å². The molecule has 0 fully saturated rings. The van der Waals surface area contributed by atoms with Gasteiger partial charge in [0.05, 0.1) is 5.69 Å². The standard InChI is InChI=1S/C11H11N3O/c12-14-9-5-1-2-6-10(9)15-11-7-3-4-8-13-11/h1-8,14H,12H2. The predicted octanol–water partition coefficient (Wildman–Crippen LogP) is 2.16. The van der Waals surface area contributed by atoms with Crippen molar-refractivity contribution in [2.75, 3.05) is 5.43 Å². The van der Waals surface area contributed by atoms with Gasteiger partial charge in [-0.15, -0.1) is 0 Å². The molecule has 4 nitrogen and oxygen atoms in total. The predicted molar refractivity (Wildman–Crippen MR) is 58.6 cm³/mol. The first-order chi connectivity index (χ1) is 7.40. The average molecular weight is 201 g/mol. The van der Waals surface area contributed by atoms with Crippen molar-refractivity contribution in [1.82, 2.24) is 4.98 Å². The molecule has 3 N–H and O–H groups in total. The Kier molecular flexibility index (Phi) is 2.80. The number of nitrogens with zero attached hydrogens (tertiary/aromatic N) is 1. The van der Waals surface area contributed by atoms with Gasteiger partial charge in [0.25, 0.3) is 0 Å². The lowest BCUT2D eigenvalue weighted by molar-refractivity contribution is 0.464. The van der Waals surface area contributed by atoms with E-state index in [-0.39, 0.29) is 0 Å². The minimum atomic E-state index is 0.542. The van der Waals surface area contributed by atoms with E-state index in [1.807, 2.05) is 36.4 Å². The van der Waals surface area contributed by atoms with Crippen LogP contribution in [-0.2, 0) is 0 Å². The number of nitrogens with two attached hydrogens (primary N) is 1. The summed E-state index contributed by atoms with van der Waals surface area (Å²) in [6.07, 6.45) is 1.67. The van der Waals surface area contributed by atoms with Crippen LogP contribution < -0.4 is 16.0 Å². The minimum absolute atomic E-state index is 0.542. The van der Waals surface area contributed by atoms with Crippen molar-refractivity contribution >= 4 is 5.69 Å². The van der Waals surface area contributed by atoms with E-state index < -0.39 is 0 Å². The molecule has 15 heavy (non-hydrogen) atoms. The Morgan fingerprint density at radius 3 is 2.60 bits per heavy atom. The van der Waals surface area contributed by atoms with Gasteiger partial charge in [-0.3, -0.25) is 5.84 Å². The van der Waals surface area contributed by atoms with Crippen LogP contribution >= 0.6 is 0 Å². The molecule has 2 rings (SSSR count). The van der Waals surface area contributed by atoms with Gasteiger partial charge in [-0.1, -0.05) is 18.2 Å². The molecule has 0 bridgehead atoms. The second kappa shape index (κ2) is 4.43. The number of ether oxygens (including phenoxy) is 1. The lowest BCUT2D eigenvalue weighted by Crippen LogP contribution is -2.07. The summed E-state index contributed by atoms with van der Waals surface area (Å²) in [4.78, 5) is 4.06. The maximum Gasteiger partial charge on any atom is 0.219 e. The van der Waals surface area contributed by atoms with E-state index >= 15 is 0 Å². The highest BCUT2D eigenvalue weighted by molar-refractivity contribution is 5.56. The second-order valence-electron chi connectivity index (χ2n) is 2.91. The number of rotatable bonds is 3. The first-order valence-electron chi connectivity index (χ1n) is 4.54. The molecule has 0 unspecified atom stereocenters. The Balaban J connectivity index is 2.24. The molecule has 0 atom stereocenters. The molecule has 0 amide bonds. The Labute approximate surface area is 87.7 Å². The zero-order valence-electron chi connectivity index (χ0n) is 8.05. The van der Waals surface area contributed by atoms with Crippen molar-refractivity contribution in [1.29, 1.82) is 0 Å². The van der Waals surface area contributed by atoms with Crippen LogP contribution in [-0.4, -0.2) is 4.98 Å². The van der Waals surface area contributed by atoms with E-state index in [2.05, 4.69) is 10.4 Å². The maximum atomic E-state index is 5.55. The summed E-state index contributed by atoms with van der Waals surface area (Å²) >= 11 is 0. The quantitative estimate of drug-likeness (QED) is 0.590. The highest BCUT2D eigenvalue weighted by Crippen LogP contribution is 2.26. The molecular formula is C11H11N3O. The Morgan fingerprint density at radius 2 is 1.87 bits per heavy atom. The fraction of sp³-hybridized carbons (Fsp3) is 0. The third kappa shape index (κ3) is 2.24. The van der Waals surface area contributed by atoms with Crippen molar-refractivity contribution in [3.8, 4) is 11.6 Å². The zero-order chi connectivity index (χ0) is 10.5. The molecule has 0 spiro atoms. The Bertz CT molecular complexity index is 431. The van der Waals surface area contributed by atoms with Crippen LogP contribution in [0.3, 0.4) is 0 Å². The Morgan fingerprint density at radius 1 is 1.07 bits per heavy atom. The van der Waals surface area contributed by atoms with Crippen LogP contribution in [0.4, 0.5) is 5.69 Å². The lowest BCUT2D eigenvalue weighted by atomic mass is 10.3. The van der Waals surface area contributed by atoms with Gasteiger partial charge in [-0.05, 0) is 18.2 Å². The van der Waals surface area contributed by atoms with Crippen molar-refractivity contribution < 1.29 is 4.74 Å². The zero-order valence-corrected chi connectivity index (χ0v) is 8.05. The number of aromatic nitrogens is 1. The van der Waals surface area contributed by atoms with Gasteiger partial charge in [0.2, 0.25) is 5.88 Å². The highest BCUT2D eigenvalue weighted by Gasteiger charge is 2.02. The van der Waals surface area contributed by atoms with Crippen LogP contribution in [0.1, 0.15) is 0 Å². The first-order valence-corrected chi connectivity index (χ1v) is 4.54. The van der Waals surface area contributed by atoms with Crippen molar-refractivity contribution in [3.63, 3.8) is 0 Å². The van der Waals surface area contributed by atoms with Crippen LogP contribution in [0.5, 0.6) is 11.6 Å². The monoisotopic (exact) mass is 201 g/mol. The number of nitrogens with one attached hydrogen (secondary N) is 1. The molecule has 0 aliphatic heterocycles. The number of benzene rings is 1. The van der Waals surface area contributed by atoms with Crippen LogP contribution in [0.2, 0.25) is 0 Å². The van der Waals surface area contributed by atoms with E-state index in [1.165, 1.54) is 0 Å². The van der Waals surface area contributed by atoms with E-state index in [0.717, 1.165) is 5.69 Å². The maximum absolute atomic E-state index is 5.55. The van der Waals surface area contributed by atoms with Gasteiger partial charge in [0, 0.05) is 12.3 Å². The van der Waals surface area contributed by atoms with E-state index in [1.54, 1.807) is 12.3 Å². The molecule has 1 aromatic heterocycles. The molecular weight excluding hydrogens is 190 g/mol. The largest absolute Gasteiger partial charge is 0.437 e. The number of para-hydroxylation sites is 2. The molecule has 2 aromatic rings. The van der Waals surface area contributed by atoms with Crippen LogP contribution in [0.25, 0.3) is 0 Å². The third-order valence-electron chi connectivity index (χ3n) is 1.89. The molecule has 0 saturated carbocycles. The number of hydrogen-bond acceptors (Lipinski definition) is 4. The summed E-state index contributed by atoms with van der Waals surface area (Å²) in [7, 11) is 0. The van der Waals surface area contributed by atoms with Crippen LogP contribution in [0.15, 0.2) is 48.7 Å². The molecule has 1 aromatic carbocycles. The SMILES string of the molecule is NNc1ccccc1Oc1ccccn1. The van der Waals surface area contributed by atoms with Gasteiger partial charge in [0.15, 0.2) is 5.75 Å². The fourth-order valence-electron chi connectivity index (χ4n) is 1.20. The summed E-state index contributed by atoms with van der Waals surface area (Å²) in [6.45, 7) is 0. The first kappa shape index (κ1) is 9.48. The van der Waals surface area contributed by atoms with Gasteiger partial charge < -0.3 is 10.2 Å². The minimum Gasteiger partial charge on any atom is -0.437 e. The summed E-state index contributed by atoms with van der Waals surface area (Å²) in [5, 5.41) is 0. The molecule has 0 aliphatic rings. The average Bonchev–Trinajstić information content (AvgIpc) is 2.31. The van der Waals surface area contributed by atoms with E-state index in [9.17, 15) is 0 Å².